The van der Waals surface area contributed by atoms with Gasteiger partial charge < -0.3 is 10.1 Å². The van der Waals surface area contributed by atoms with Crippen molar-refractivity contribution in [2.75, 3.05) is 5.75 Å². The summed E-state index contributed by atoms with van der Waals surface area (Å²) >= 11 is 1.39. The molecule has 0 radical (unpaired) electrons. The quantitative estimate of drug-likeness (QED) is 0.166. The van der Waals surface area contributed by atoms with Gasteiger partial charge in [-0.15, -0.1) is 0 Å². The second kappa shape index (κ2) is 9.12. The fraction of sp³-hybridized carbons (Fsp3) is 0.500. The number of nitrogens with zero attached hydrogens (tertiary/aromatic N) is 2. The van der Waals surface area contributed by atoms with Crippen LogP contribution in [0.15, 0.2) is 24.3 Å². The number of amides is 3. The molecule has 0 bridgehead atoms. The molecule has 1 aromatic carbocycles. The molecule has 2 heterocycles. The van der Waals surface area contributed by atoms with Crippen LogP contribution < -0.4 is 10.1 Å². The SMILES string of the molecule is O=C(CCCC[C@@H]1SC[C@H]2[C@@H]1NC(=O)N2C(=O)C(F)(F)F)Oc1ccc([N+](=O)[O-])cc1. The van der Waals surface area contributed by atoms with Gasteiger partial charge in [-0.25, -0.2) is 4.79 Å². The number of benzene rings is 1. The average molecular weight is 461 g/mol. The summed E-state index contributed by atoms with van der Waals surface area (Å²) in [5, 5.41) is 12.9. The minimum absolute atomic E-state index is 0.0908. The van der Waals surface area contributed by atoms with Gasteiger partial charge in [-0.05, 0) is 25.0 Å². The van der Waals surface area contributed by atoms with Crippen molar-refractivity contribution in [2.45, 2.75) is 49.2 Å². The number of rotatable bonds is 7. The van der Waals surface area contributed by atoms with E-state index in [1.165, 1.54) is 36.0 Å². The molecule has 9 nitrogen and oxygen atoms in total. The number of nitro groups is 1. The molecule has 31 heavy (non-hydrogen) atoms. The third kappa shape index (κ3) is 5.27. The number of urea groups is 1. The lowest BCUT2D eigenvalue weighted by molar-refractivity contribution is -0.384. The van der Waals surface area contributed by atoms with Gasteiger partial charge in [0.2, 0.25) is 0 Å². The van der Waals surface area contributed by atoms with Crippen molar-refractivity contribution in [1.29, 1.82) is 0 Å². The van der Waals surface area contributed by atoms with Crippen LogP contribution in [0.25, 0.3) is 0 Å². The van der Waals surface area contributed by atoms with Crippen LogP contribution in [0.3, 0.4) is 0 Å². The number of non-ortho nitro benzene ring substituents is 1. The zero-order valence-electron chi connectivity index (χ0n) is 16.0. The van der Waals surface area contributed by atoms with Crippen molar-refractivity contribution >= 4 is 35.4 Å². The molecule has 0 aromatic heterocycles. The van der Waals surface area contributed by atoms with Crippen molar-refractivity contribution in [3.05, 3.63) is 34.4 Å². The summed E-state index contributed by atoms with van der Waals surface area (Å²) in [5.41, 5.74) is -0.123. The van der Waals surface area contributed by atoms with E-state index in [4.69, 9.17) is 4.74 Å². The molecule has 3 amide bonds. The molecular weight excluding hydrogens is 443 g/mol. The number of hydrogen-bond acceptors (Lipinski definition) is 7. The number of carbonyl (C=O) groups excluding carboxylic acids is 3. The maximum atomic E-state index is 12.7. The highest BCUT2D eigenvalue weighted by Crippen LogP contribution is 2.38. The van der Waals surface area contributed by atoms with E-state index in [1.807, 2.05) is 0 Å². The molecule has 1 aromatic rings. The topological polar surface area (TPSA) is 119 Å². The Morgan fingerprint density at radius 2 is 1.94 bits per heavy atom. The molecule has 3 rings (SSSR count). The van der Waals surface area contributed by atoms with Crippen molar-refractivity contribution < 1.29 is 37.2 Å². The molecule has 2 saturated heterocycles. The van der Waals surface area contributed by atoms with Gasteiger partial charge in [-0.2, -0.15) is 24.9 Å². The first-order chi connectivity index (χ1) is 14.6. The maximum Gasteiger partial charge on any atom is 0.471 e. The molecule has 0 spiro atoms. The zero-order chi connectivity index (χ0) is 22.8. The summed E-state index contributed by atoms with van der Waals surface area (Å²) in [6.45, 7) is 0. The molecule has 3 atom stereocenters. The Morgan fingerprint density at radius 3 is 2.55 bits per heavy atom. The summed E-state index contributed by atoms with van der Waals surface area (Å²) in [6, 6.07) is 2.65. The first-order valence-corrected chi connectivity index (χ1v) is 10.4. The van der Waals surface area contributed by atoms with Crippen LogP contribution in [0.4, 0.5) is 23.7 Å². The number of imide groups is 1. The van der Waals surface area contributed by atoms with Gasteiger partial charge in [0.05, 0.1) is 17.0 Å². The summed E-state index contributed by atoms with van der Waals surface area (Å²) in [4.78, 5) is 45.6. The molecule has 0 saturated carbocycles. The number of halogens is 3. The summed E-state index contributed by atoms with van der Waals surface area (Å²) in [7, 11) is 0. The highest BCUT2D eigenvalue weighted by Gasteiger charge is 2.56. The first-order valence-electron chi connectivity index (χ1n) is 9.35. The van der Waals surface area contributed by atoms with E-state index in [1.54, 1.807) is 0 Å². The number of nitrogens with one attached hydrogen (secondary N) is 1. The molecule has 2 fully saturated rings. The molecule has 0 unspecified atom stereocenters. The predicted octanol–water partition coefficient (Wildman–Crippen LogP) is 3.03. The van der Waals surface area contributed by atoms with Crippen molar-refractivity contribution in [2.24, 2.45) is 0 Å². The second-order valence-electron chi connectivity index (χ2n) is 7.06. The number of ether oxygens (including phenoxy) is 1. The number of alkyl halides is 3. The standard InChI is InChI=1S/C18H18F3N3O6S/c19-18(20,21)16(26)23-12-9-31-13(15(12)22-17(23)27)3-1-2-4-14(25)30-11-7-5-10(6-8-11)24(28)29/h5-8,12-13,15H,1-4,9H2,(H,22,27)/t12-,13-,15-/m0/s1. The normalized spacial score (nSPS) is 22.7. The van der Waals surface area contributed by atoms with Gasteiger partial charge in [-0.3, -0.25) is 24.6 Å². The van der Waals surface area contributed by atoms with Crippen LogP contribution in [0.5, 0.6) is 5.75 Å². The van der Waals surface area contributed by atoms with Gasteiger partial charge >= 0.3 is 24.1 Å². The van der Waals surface area contributed by atoms with Gasteiger partial charge in [0.25, 0.3) is 5.69 Å². The molecule has 1 N–H and O–H groups in total. The van der Waals surface area contributed by atoms with E-state index in [2.05, 4.69) is 5.32 Å². The number of fused-ring (bicyclic) bond motifs is 1. The summed E-state index contributed by atoms with van der Waals surface area (Å²) in [5.74, 6) is -2.26. The van der Waals surface area contributed by atoms with Crippen LogP contribution in [0, 0.1) is 10.1 Å². The van der Waals surface area contributed by atoms with Crippen LogP contribution in [0.2, 0.25) is 0 Å². The largest absolute Gasteiger partial charge is 0.471 e. The number of hydrogen-bond donors (Lipinski definition) is 1. The minimum Gasteiger partial charge on any atom is -0.427 e. The lowest BCUT2D eigenvalue weighted by Gasteiger charge is -2.20. The summed E-state index contributed by atoms with van der Waals surface area (Å²) in [6.07, 6.45) is -3.45. The third-order valence-corrected chi connectivity index (χ3v) is 6.49. The smallest absolute Gasteiger partial charge is 0.427 e. The molecular formula is C18H18F3N3O6S. The Kier molecular flexibility index (Phi) is 6.72. The van der Waals surface area contributed by atoms with Crippen LogP contribution in [-0.4, -0.2) is 57.0 Å². The number of unbranched alkanes of at least 4 members (excludes halogenated alkanes) is 1. The predicted molar refractivity (Wildman–Crippen MR) is 102 cm³/mol. The van der Waals surface area contributed by atoms with Crippen molar-refractivity contribution in [3.63, 3.8) is 0 Å². The number of esters is 1. The minimum atomic E-state index is -5.11. The van der Waals surface area contributed by atoms with E-state index in [-0.39, 0.29) is 33.8 Å². The fourth-order valence-corrected chi connectivity index (χ4v) is 5.13. The van der Waals surface area contributed by atoms with Crippen molar-refractivity contribution in [1.82, 2.24) is 10.2 Å². The molecule has 0 aliphatic carbocycles. The first kappa shape index (κ1) is 22.8. The average Bonchev–Trinajstić information content (AvgIpc) is 3.22. The van der Waals surface area contributed by atoms with Crippen LogP contribution >= 0.6 is 11.8 Å². The fourth-order valence-electron chi connectivity index (χ4n) is 3.54. The van der Waals surface area contributed by atoms with Crippen molar-refractivity contribution in [3.8, 4) is 5.75 Å². The van der Waals surface area contributed by atoms with E-state index >= 15 is 0 Å². The van der Waals surface area contributed by atoms with Crippen LogP contribution in [0.1, 0.15) is 25.7 Å². The Balaban J connectivity index is 1.42. The van der Waals surface area contributed by atoms with Gasteiger partial charge in [0.15, 0.2) is 0 Å². The van der Waals surface area contributed by atoms with Gasteiger partial charge in [-0.1, -0.05) is 6.42 Å². The van der Waals surface area contributed by atoms with E-state index in [0.717, 1.165) is 0 Å². The Morgan fingerprint density at radius 1 is 1.26 bits per heavy atom. The Labute approximate surface area is 178 Å². The number of thioether (sulfide) groups is 1. The lowest BCUT2D eigenvalue weighted by Crippen LogP contribution is -2.47. The van der Waals surface area contributed by atoms with Gasteiger partial charge in [0, 0.05) is 29.6 Å². The molecule has 13 heteroatoms. The summed E-state index contributed by atoms with van der Waals surface area (Å²) < 4.78 is 43.2. The molecule has 168 valence electrons. The van der Waals surface area contributed by atoms with E-state index in [9.17, 15) is 37.7 Å². The zero-order valence-corrected chi connectivity index (χ0v) is 16.8. The Bertz CT molecular complexity index is 879. The molecule has 2 aliphatic rings. The second-order valence-corrected chi connectivity index (χ2v) is 8.33. The number of nitro benzene ring substituents is 1. The van der Waals surface area contributed by atoms with E-state index in [0.29, 0.717) is 19.3 Å². The van der Waals surface area contributed by atoms with Crippen LogP contribution in [-0.2, 0) is 9.59 Å². The highest BCUT2D eigenvalue weighted by atomic mass is 32.2. The monoisotopic (exact) mass is 461 g/mol. The van der Waals surface area contributed by atoms with E-state index < -0.39 is 41.1 Å². The highest BCUT2D eigenvalue weighted by molar-refractivity contribution is 8.00. The van der Waals surface area contributed by atoms with Gasteiger partial charge in [0.1, 0.15) is 5.75 Å². The molecule has 2 aliphatic heterocycles. The number of carbonyl (C=O) groups is 3. The Hall–Kier alpha value is -2.83. The lowest BCUT2D eigenvalue weighted by atomic mass is 10.0. The third-order valence-electron chi connectivity index (χ3n) is 5.00. The maximum absolute atomic E-state index is 12.7.